The van der Waals surface area contributed by atoms with Crippen LogP contribution in [0.3, 0.4) is 0 Å². The molecule has 14 heavy (non-hydrogen) atoms. The number of carboxylic acid groups (broad SMARTS) is 1. The maximum absolute atomic E-state index is 11.5. The van der Waals surface area contributed by atoms with Crippen LogP contribution in [0.25, 0.3) is 0 Å². The van der Waals surface area contributed by atoms with Crippen LogP contribution in [-0.4, -0.2) is 27.3 Å². The quantitative estimate of drug-likeness (QED) is 0.522. The summed E-state index contributed by atoms with van der Waals surface area (Å²) >= 11 is 1.42. The molecular weight excluding hydrogens is 202 g/mol. The van der Waals surface area contributed by atoms with Crippen LogP contribution in [0.4, 0.5) is 0 Å². The smallest absolute Gasteiger partial charge is 0.353 e. The standard InChI is InChI=1S/C9H9NO3S/c1-3-5-7(11)10-6(9(12)13)4(2)14-8(5)10/h3,8H,1-2H3,(H,12,13)/b5-3-. The topological polar surface area (TPSA) is 57.6 Å². The summed E-state index contributed by atoms with van der Waals surface area (Å²) in [5.41, 5.74) is 0.834. The van der Waals surface area contributed by atoms with Crippen molar-refractivity contribution >= 4 is 23.6 Å². The van der Waals surface area contributed by atoms with Crippen molar-refractivity contribution in [3.63, 3.8) is 0 Å². The Hall–Kier alpha value is -1.23. The summed E-state index contributed by atoms with van der Waals surface area (Å²) in [4.78, 5) is 24.4. The van der Waals surface area contributed by atoms with E-state index < -0.39 is 5.97 Å². The number of aliphatic carboxylic acids is 1. The van der Waals surface area contributed by atoms with Crippen molar-refractivity contribution in [2.45, 2.75) is 19.2 Å². The van der Waals surface area contributed by atoms with Crippen LogP contribution in [0.2, 0.25) is 0 Å². The van der Waals surface area contributed by atoms with Gasteiger partial charge in [-0.25, -0.2) is 4.79 Å². The number of thioether (sulfide) groups is 1. The van der Waals surface area contributed by atoms with Crippen molar-refractivity contribution in [1.29, 1.82) is 0 Å². The second-order valence-corrected chi connectivity index (χ2v) is 4.39. The summed E-state index contributed by atoms with van der Waals surface area (Å²) < 4.78 is 0. The van der Waals surface area contributed by atoms with E-state index in [0.29, 0.717) is 10.5 Å². The number of rotatable bonds is 1. The molecule has 0 aromatic carbocycles. The minimum Gasteiger partial charge on any atom is -0.477 e. The maximum atomic E-state index is 11.5. The van der Waals surface area contributed by atoms with E-state index in [1.807, 2.05) is 0 Å². The molecule has 0 aromatic heterocycles. The number of allylic oxidation sites excluding steroid dienone is 2. The fraction of sp³-hybridized carbons (Fsp3) is 0.333. The van der Waals surface area contributed by atoms with Crippen LogP contribution in [0.15, 0.2) is 22.3 Å². The summed E-state index contributed by atoms with van der Waals surface area (Å²) in [6.07, 6.45) is 1.74. The Kier molecular flexibility index (Phi) is 1.92. The fourth-order valence-electron chi connectivity index (χ4n) is 1.67. The van der Waals surface area contributed by atoms with Gasteiger partial charge in [0.2, 0.25) is 0 Å². The summed E-state index contributed by atoms with van der Waals surface area (Å²) in [6, 6.07) is 0. The molecule has 2 aliphatic rings. The molecule has 1 unspecified atom stereocenters. The SMILES string of the molecule is C/C=C1/C(=O)N2C(C(=O)O)=C(C)SC12. The van der Waals surface area contributed by atoms with E-state index in [-0.39, 0.29) is 17.0 Å². The molecule has 4 nitrogen and oxygen atoms in total. The first-order chi connectivity index (χ1) is 6.57. The Balaban J connectivity index is 2.37. The number of fused-ring (bicyclic) bond motifs is 1. The average Bonchev–Trinajstić information content (AvgIpc) is 2.40. The largest absolute Gasteiger partial charge is 0.477 e. The predicted octanol–water partition coefficient (Wildman–Crippen LogP) is 1.16. The van der Waals surface area contributed by atoms with Crippen molar-refractivity contribution in [2.75, 3.05) is 0 Å². The number of carboxylic acids is 1. The highest BCUT2D eigenvalue weighted by atomic mass is 32.2. The molecule has 2 aliphatic heterocycles. The minimum atomic E-state index is -1.03. The molecule has 0 aliphatic carbocycles. The molecule has 0 spiro atoms. The summed E-state index contributed by atoms with van der Waals surface area (Å²) in [5.74, 6) is -1.21. The van der Waals surface area contributed by atoms with Crippen LogP contribution in [0.5, 0.6) is 0 Å². The number of carbonyl (C=O) groups excluding carboxylic acids is 1. The van der Waals surface area contributed by atoms with Gasteiger partial charge in [0.15, 0.2) is 0 Å². The van der Waals surface area contributed by atoms with Gasteiger partial charge in [0, 0.05) is 10.5 Å². The van der Waals surface area contributed by atoms with E-state index in [9.17, 15) is 9.59 Å². The van der Waals surface area contributed by atoms with Crippen molar-refractivity contribution in [1.82, 2.24) is 4.90 Å². The Labute approximate surface area is 85.3 Å². The minimum absolute atomic E-state index is 0.0985. The average molecular weight is 211 g/mol. The summed E-state index contributed by atoms with van der Waals surface area (Å²) in [6.45, 7) is 3.52. The van der Waals surface area contributed by atoms with E-state index in [1.165, 1.54) is 16.7 Å². The molecule has 74 valence electrons. The second-order valence-electron chi connectivity index (χ2n) is 3.10. The number of β-lactam (4-membered cyclic amide) rings is 1. The molecule has 0 bridgehead atoms. The van der Waals surface area contributed by atoms with Crippen LogP contribution in [0.1, 0.15) is 13.8 Å². The number of hydrogen-bond acceptors (Lipinski definition) is 3. The first-order valence-electron chi connectivity index (χ1n) is 4.18. The summed E-state index contributed by atoms with van der Waals surface area (Å²) in [7, 11) is 0. The molecule has 0 aromatic rings. The third-order valence-corrected chi connectivity index (χ3v) is 3.58. The highest BCUT2D eigenvalue weighted by Crippen LogP contribution is 2.48. The molecule has 0 saturated carbocycles. The zero-order valence-corrected chi connectivity index (χ0v) is 8.59. The molecule has 1 atom stereocenters. The Morgan fingerprint density at radius 3 is 2.79 bits per heavy atom. The lowest BCUT2D eigenvalue weighted by molar-refractivity contribution is -0.141. The Morgan fingerprint density at radius 2 is 2.29 bits per heavy atom. The van der Waals surface area contributed by atoms with Gasteiger partial charge in [-0.1, -0.05) is 17.8 Å². The molecular formula is C9H9NO3S. The van der Waals surface area contributed by atoms with Gasteiger partial charge in [-0.05, 0) is 13.8 Å². The van der Waals surface area contributed by atoms with Gasteiger partial charge in [0.1, 0.15) is 11.1 Å². The molecule has 5 heteroatoms. The van der Waals surface area contributed by atoms with Gasteiger partial charge in [-0.2, -0.15) is 0 Å². The fourth-order valence-corrected chi connectivity index (χ4v) is 2.97. The van der Waals surface area contributed by atoms with Crippen molar-refractivity contribution in [3.05, 3.63) is 22.3 Å². The van der Waals surface area contributed by atoms with Crippen LogP contribution >= 0.6 is 11.8 Å². The van der Waals surface area contributed by atoms with E-state index in [1.54, 1.807) is 19.9 Å². The number of amides is 1. The number of nitrogens with zero attached hydrogens (tertiary/aromatic N) is 1. The molecule has 1 fully saturated rings. The lowest BCUT2D eigenvalue weighted by Crippen LogP contribution is -2.51. The highest BCUT2D eigenvalue weighted by Gasteiger charge is 2.50. The van der Waals surface area contributed by atoms with Crippen LogP contribution in [-0.2, 0) is 9.59 Å². The van der Waals surface area contributed by atoms with Gasteiger partial charge in [-0.3, -0.25) is 9.69 Å². The van der Waals surface area contributed by atoms with Gasteiger partial charge >= 0.3 is 5.97 Å². The van der Waals surface area contributed by atoms with Gasteiger partial charge in [-0.15, -0.1) is 0 Å². The lowest BCUT2D eigenvalue weighted by atomic mass is 10.1. The van der Waals surface area contributed by atoms with Crippen LogP contribution in [0, 0.1) is 0 Å². The first kappa shape index (κ1) is 9.33. The van der Waals surface area contributed by atoms with Gasteiger partial charge in [0.05, 0.1) is 0 Å². The number of carbonyl (C=O) groups is 2. The third kappa shape index (κ3) is 0.957. The monoisotopic (exact) mass is 211 g/mol. The van der Waals surface area contributed by atoms with E-state index in [4.69, 9.17) is 5.11 Å². The summed E-state index contributed by atoms with van der Waals surface area (Å²) in [5, 5.41) is 8.80. The zero-order valence-electron chi connectivity index (χ0n) is 7.77. The lowest BCUT2D eigenvalue weighted by Gasteiger charge is -2.36. The van der Waals surface area contributed by atoms with Crippen molar-refractivity contribution < 1.29 is 14.7 Å². The molecule has 2 heterocycles. The number of hydrogen-bond donors (Lipinski definition) is 1. The van der Waals surface area contributed by atoms with Gasteiger partial charge in [0.25, 0.3) is 5.91 Å². The Bertz CT molecular complexity index is 397. The van der Waals surface area contributed by atoms with E-state index in [2.05, 4.69) is 0 Å². The molecule has 1 N–H and O–H groups in total. The van der Waals surface area contributed by atoms with E-state index in [0.717, 1.165) is 0 Å². The first-order valence-corrected chi connectivity index (χ1v) is 5.06. The second kappa shape index (κ2) is 2.88. The van der Waals surface area contributed by atoms with E-state index >= 15 is 0 Å². The Morgan fingerprint density at radius 1 is 1.64 bits per heavy atom. The molecule has 0 radical (unpaired) electrons. The maximum Gasteiger partial charge on any atom is 0.353 e. The van der Waals surface area contributed by atoms with Crippen molar-refractivity contribution in [2.24, 2.45) is 0 Å². The van der Waals surface area contributed by atoms with Crippen molar-refractivity contribution in [3.8, 4) is 0 Å². The molecule has 2 rings (SSSR count). The highest BCUT2D eigenvalue weighted by molar-refractivity contribution is 8.04. The van der Waals surface area contributed by atoms with Crippen LogP contribution < -0.4 is 0 Å². The molecule has 1 saturated heterocycles. The third-order valence-electron chi connectivity index (χ3n) is 2.34. The predicted molar refractivity (Wildman–Crippen MR) is 52.3 cm³/mol. The molecule has 1 amide bonds. The zero-order chi connectivity index (χ0) is 10.5. The normalized spacial score (nSPS) is 28.1. The van der Waals surface area contributed by atoms with Gasteiger partial charge < -0.3 is 5.11 Å².